The van der Waals surface area contributed by atoms with Gasteiger partial charge < -0.3 is 11.5 Å². The van der Waals surface area contributed by atoms with Gasteiger partial charge in [-0.25, -0.2) is 13.1 Å². The third kappa shape index (κ3) is 4.39. The number of nitrogens with two attached hydrogens (primary N) is 2. The highest BCUT2D eigenvalue weighted by Gasteiger charge is 2.18. The van der Waals surface area contributed by atoms with Crippen LogP contribution in [-0.2, 0) is 10.0 Å². The normalized spacial score (nSPS) is 13.1. The molecule has 1 aromatic carbocycles. The number of nitrogen functional groups attached to an aromatic ring is 1. The maximum atomic E-state index is 12.1. The lowest BCUT2D eigenvalue weighted by Gasteiger charge is -2.11. The first-order valence-electron chi connectivity index (χ1n) is 5.99. The van der Waals surface area contributed by atoms with Gasteiger partial charge in [-0.2, -0.15) is 11.8 Å². The first-order chi connectivity index (χ1) is 9.27. The molecule has 0 radical (unpaired) electrons. The zero-order valence-corrected chi connectivity index (χ0v) is 13.1. The van der Waals surface area contributed by atoms with Gasteiger partial charge in [0.15, 0.2) is 0 Å². The number of nitrogens with one attached hydrogen (secondary N) is 1. The van der Waals surface area contributed by atoms with Crippen LogP contribution in [0.5, 0.6) is 0 Å². The predicted molar refractivity (Wildman–Crippen MR) is 82.2 cm³/mol. The molecule has 0 aliphatic rings. The Morgan fingerprint density at radius 2 is 2.10 bits per heavy atom. The minimum atomic E-state index is -3.67. The van der Waals surface area contributed by atoms with E-state index in [1.807, 2.05) is 13.2 Å². The summed E-state index contributed by atoms with van der Waals surface area (Å²) in [5.74, 6) is -0.651. The van der Waals surface area contributed by atoms with Crippen molar-refractivity contribution in [3.05, 3.63) is 23.8 Å². The summed E-state index contributed by atoms with van der Waals surface area (Å²) in [6, 6.07) is 3.90. The van der Waals surface area contributed by atoms with Crippen LogP contribution in [0.2, 0.25) is 0 Å². The Kier molecular flexibility index (Phi) is 5.85. The summed E-state index contributed by atoms with van der Waals surface area (Å²) in [6.45, 7) is 2.36. The van der Waals surface area contributed by atoms with Crippen molar-refractivity contribution in [2.24, 2.45) is 5.73 Å². The molecule has 20 heavy (non-hydrogen) atoms. The number of amides is 1. The third-order valence-corrected chi connectivity index (χ3v) is 5.40. The molecule has 1 amide bonds. The van der Waals surface area contributed by atoms with Crippen molar-refractivity contribution in [2.45, 2.75) is 23.5 Å². The monoisotopic (exact) mass is 317 g/mol. The van der Waals surface area contributed by atoms with E-state index in [-0.39, 0.29) is 16.1 Å². The molecule has 0 saturated heterocycles. The van der Waals surface area contributed by atoms with E-state index in [1.54, 1.807) is 11.8 Å². The molecule has 0 saturated carbocycles. The molecular formula is C12H19N3O3S2. The van der Waals surface area contributed by atoms with Crippen molar-refractivity contribution in [1.29, 1.82) is 0 Å². The van der Waals surface area contributed by atoms with E-state index in [2.05, 4.69) is 4.72 Å². The van der Waals surface area contributed by atoms with E-state index in [9.17, 15) is 13.2 Å². The van der Waals surface area contributed by atoms with Gasteiger partial charge in [0.05, 0.1) is 5.69 Å². The number of rotatable bonds is 7. The lowest BCUT2D eigenvalue weighted by Crippen LogP contribution is -2.27. The first-order valence-corrected chi connectivity index (χ1v) is 8.77. The van der Waals surface area contributed by atoms with Crippen molar-refractivity contribution in [1.82, 2.24) is 4.72 Å². The van der Waals surface area contributed by atoms with Crippen LogP contribution in [0.25, 0.3) is 0 Å². The van der Waals surface area contributed by atoms with E-state index in [0.717, 1.165) is 6.42 Å². The van der Waals surface area contributed by atoms with E-state index in [1.165, 1.54) is 18.2 Å². The highest BCUT2D eigenvalue weighted by molar-refractivity contribution is 7.99. The van der Waals surface area contributed by atoms with E-state index >= 15 is 0 Å². The fourth-order valence-electron chi connectivity index (χ4n) is 1.54. The van der Waals surface area contributed by atoms with Gasteiger partial charge in [0.25, 0.3) is 0 Å². The number of hydrogen-bond acceptors (Lipinski definition) is 5. The summed E-state index contributed by atoms with van der Waals surface area (Å²) in [7, 11) is -3.67. The van der Waals surface area contributed by atoms with Crippen LogP contribution in [0.15, 0.2) is 23.1 Å². The molecule has 0 heterocycles. The molecule has 0 bridgehead atoms. The maximum absolute atomic E-state index is 12.1. The molecule has 5 N–H and O–H groups in total. The Hall–Kier alpha value is -1.25. The van der Waals surface area contributed by atoms with Crippen LogP contribution in [-0.4, -0.2) is 32.4 Å². The summed E-state index contributed by atoms with van der Waals surface area (Å²) in [5.41, 5.74) is 11.0. The van der Waals surface area contributed by atoms with E-state index in [0.29, 0.717) is 11.8 Å². The molecule has 112 valence electrons. The molecule has 0 aliphatic carbocycles. The van der Waals surface area contributed by atoms with Crippen LogP contribution < -0.4 is 16.2 Å². The lowest BCUT2D eigenvalue weighted by molar-refractivity contribution is 0.1000. The summed E-state index contributed by atoms with van der Waals surface area (Å²) in [4.78, 5) is 11.0. The second kappa shape index (κ2) is 6.96. The quantitative estimate of drug-likeness (QED) is 0.643. The molecule has 0 aromatic heterocycles. The van der Waals surface area contributed by atoms with Crippen molar-refractivity contribution < 1.29 is 13.2 Å². The van der Waals surface area contributed by atoms with E-state index < -0.39 is 15.9 Å². The number of carbonyl (C=O) groups excluding carboxylic acids is 1. The van der Waals surface area contributed by atoms with Crippen LogP contribution >= 0.6 is 11.8 Å². The minimum Gasteiger partial charge on any atom is -0.398 e. The fraction of sp³-hybridized carbons (Fsp3) is 0.417. The lowest BCUT2D eigenvalue weighted by atomic mass is 10.2. The molecule has 1 aromatic rings. The van der Waals surface area contributed by atoms with E-state index in [4.69, 9.17) is 11.5 Å². The fourth-order valence-corrected chi connectivity index (χ4v) is 3.05. The van der Waals surface area contributed by atoms with Crippen molar-refractivity contribution in [3.63, 3.8) is 0 Å². The second-order valence-corrected chi connectivity index (χ2v) is 7.36. The highest BCUT2D eigenvalue weighted by atomic mass is 32.2. The molecule has 1 rings (SSSR count). The smallest absolute Gasteiger partial charge is 0.248 e. The summed E-state index contributed by atoms with van der Waals surface area (Å²) < 4.78 is 26.7. The van der Waals surface area contributed by atoms with Gasteiger partial charge in [-0.15, -0.1) is 0 Å². The number of benzene rings is 1. The Morgan fingerprint density at radius 3 is 2.60 bits per heavy atom. The topological polar surface area (TPSA) is 115 Å². The Morgan fingerprint density at radius 1 is 1.45 bits per heavy atom. The number of primary amides is 1. The van der Waals surface area contributed by atoms with Gasteiger partial charge in [-0.1, -0.05) is 6.92 Å². The van der Waals surface area contributed by atoms with Gasteiger partial charge in [0.2, 0.25) is 15.9 Å². The Balaban J connectivity index is 2.85. The average molecular weight is 317 g/mol. The maximum Gasteiger partial charge on any atom is 0.248 e. The molecule has 0 spiro atoms. The number of carbonyl (C=O) groups is 1. The van der Waals surface area contributed by atoms with Gasteiger partial charge in [0, 0.05) is 17.4 Å². The van der Waals surface area contributed by atoms with Gasteiger partial charge in [0.1, 0.15) is 4.90 Å². The zero-order valence-electron chi connectivity index (χ0n) is 11.4. The Labute approximate surface area is 123 Å². The molecule has 0 fully saturated rings. The molecule has 1 unspecified atom stereocenters. The summed E-state index contributed by atoms with van der Waals surface area (Å²) in [5, 5.41) is 0.368. The Bertz CT molecular complexity index is 588. The third-order valence-electron chi connectivity index (χ3n) is 2.83. The minimum absolute atomic E-state index is 0.00622. The average Bonchev–Trinajstić information content (AvgIpc) is 2.37. The van der Waals surface area contributed by atoms with Crippen molar-refractivity contribution in [2.75, 3.05) is 18.5 Å². The number of hydrogen-bond donors (Lipinski definition) is 3. The molecule has 6 nitrogen and oxygen atoms in total. The van der Waals surface area contributed by atoms with Crippen LogP contribution in [0.1, 0.15) is 23.7 Å². The molecule has 0 aliphatic heterocycles. The second-order valence-electron chi connectivity index (χ2n) is 4.35. The zero-order chi connectivity index (χ0) is 15.3. The summed E-state index contributed by atoms with van der Waals surface area (Å²) >= 11 is 1.67. The SMILES string of the molecule is CSC(C)CCNS(=O)(=O)c1ccc(C(N)=O)cc1N. The van der Waals surface area contributed by atoms with Gasteiger partial charge in [-0.3, -0.25) is 4.79 Å². The highest BCUT2D eigenvalue weighted by Crippen LogP contribution is 2.19. The van der Waals surface area contributed by atoms with Crippen molar-refractivity contribution >= 4 is 33.4 Å². The van der Waals surface area contributed by atoms with Crippen LogP contribution in [0.3, 0.4) is 0 Å². The first kappa shape index (κ1) is 16.8. The van der Waals surface area contributed by atoms with Crippen LogP contribution in [0.4, 0.5) is 5.69 Å². The number of anilines is 1. The predicted octanol–water partition coefficient (Wildman–Crippen LogP) is 0.788. The van der Waals surface area contributed by atoms with Gasteiger partial charge in [-0.05, 0) is 30.9 Å². The summed E-state index contributed by atoms with van der Waals surface area (Å²) in [6.07, 6.45) is 2.69. The van der Waals surface area contributed by atoms with Gasteiger partial charge >= 0.3 is 0 Å². The number of sulfonamides is 1. The van der Waals surface area contributed by atoms with Crippen LogP contribution in [0, 0.1) is 0 Å². The molecule has 8 heteroatoms. The van der Waals surface area contributed by atoms with Crippen molar-refractivity contribution in [3.8, 4) is 0 Å². The number of thioether (sulfide) groups is 1. The standard InChI is InChI=1S/C12H19N3O3S2/c1-8(19-2)5-6-15-20(17,18)11-4-3-9(12(14)16)7-10(11)13/h3-4,7-8,15H,5-6,13H2,1-2H3,(H2,14,16). The molecule has 1 atom stereocenters. The molecular weight excluding hydrogens is 298 g/mol. The largest absolute Gasteiger partial charge is 0.398 e.